The van der Waals surface area contributed by atoms with Crippen LogP contribution in [0.3, 0.4) is 0 Å². The fraction of sp³-hybridized carbons (Fsp3) is 0.500. The first-order valence-corrected chi connectivity index (χ1v) is 8.67. The summed E-state index contributed by atoms with van der Waals surface area (Å²) in [5.74, 6) is -1.10. The summed E-state index contributed by atoms with van der Waals surface area (Å²) in [7, 11) is -3.78. The SMILES string of the molecule is CCOc1ccc(S(=O)(=O)N2CCN(CO)CC2)cc1C(=O)O. The van der Waals surface area contributed by atoms with Crippen LogP contribution in [0, 0.1) is 0 Å². The Morgan fingerprint density at radius 2 is 1.91 bits per heavy atom. The van der Waals surface area contributed by atoms with Crippen molar-refractivity contribution < 1.29 is 28.2 Å². The number of ether oxygens (including phenoxy) is 1. The first-order chi connectivity index (χ1) is 10.9. The fourth-order valence-corrected chi connectivity index (χ4v) is 3.83. The number of carboxylic acid groups (broad SMARTS) is 1. The highest BCUT2D eigenvalue weighted by Gasteiger charge is 2.29. The van der Waals surface area contributed by atoms with Crippen LogP contribution in [0.2, 0.25) is 0 Å². The second-order valence-electron chi connectivity index (χ2n) is 5.06. The Kier molecular flexibility index (Phi) is 5.58. The number of nitrogens with zero attached hydrogens (tertiary/aromatic N) is 2. The van der Waals surface area contributed by atoms with E-state index in [0.717, 1.165) is 6.07 Å². The van der Waals surface area contributed by atoms with Gasteiger partial charge < -0.3 is 14.9 Å². The first kappa shape index (κ1) is 17.7. The van der Waals surface area contributed by atoms with E-state index in [1.165, 1.54) is 16.4 Å². The Bertz CT molecular complexity index is 668. The number of hydrogen-bond acceptors (Lipinski definition) is 6. The molecule has 1 aromatic rings. The largest absolute Gasteiger partial charge is 0.493 e. The molecule has 1 heterocycles. The predicted molar refractivity (Wildman–Crippen MR) is 82.0 cm³/mol. The highest BCUT2D eigenvalue weighted by Crippen LogP contribution is 2.25. The van der Waals surface area contributed by atoms with Crippen LogP contribution in [-0.4, -0.2) is 73.3 Å². The summed E-state index contributed by atoms with van der Waals surface area (Å²) in [6.07, 6.45) is 0. The van der Waals surface area contributed by atoms with Crippen LogP contribution in [0.5, 0.6) is 5.75 Å². The summed E-state index contributed by atoms with van der Waals surface area (Å²) in [6.45, 7) is 3.25. The van der Waals surface area contributed by atoms with E-state index in [1.807, 2.05) is 0 Å². The van der Waals surface area contributed by atoms with Gasteiger partial charge in [0.2, 0.25) is 10.0 Å². The molecule has 1 fully saturated rings. The lowest BCUT2D eigenvalue weighted by atomic mass is 10.2. The molecule has 0 atom stereocenters. The van der Waals surface area contributed by atoms with Crippen molar-refractivity contribution in [3.63, 3.8) is 0 Å². The summed E-state index contributed by atoms with van der Waals surface area (Å²) in [4.78, 5) is 13.0. The quantitative estimate of drug-likeness (QED) is 0.750. The Balaban J connectivity index is 2.29. The minimum atomic E-state index is -3.78. The van der Waals surface area contributed by atoms with Crippen molar-refractivity contribution in [1.82, 2.24) is 9.21 Å². The molecule has 23 heavy (non-hydrogen) atoms. The number of carbonyl (C=O) groups is 1. The average molecular weight is 344 g/mol. The number of aliphatic hydroxyl groups excluding tert-OH is 1. The van der Waals surface area contributed by atoms with Gasteiger partial charge in [-0.3, -0.25) is 4.90 Å². The molecule has 0 radical (unpaired) electrons. The van der Waals surface area contributed by atoms with E-state index in [1.54, 1.807) is 11.8 Å². The molecule has 8 nitrogen and oxygen atoms in total. The van der Waals surface area contributed by atoms with Gasteiger partial charge in [-0.05, 0) is 25.1 Å². The van der Waals surface area contributed by atoms with Crippen LogP contribution < -0.4 is 4.74 Å². The molecule has 128 valence electrons. The van der Waals surface area contributed by atoms with Crippen LogP contribution in [0.1, 0.15) is 17.3 Å². The molecule has 2 rings (SSSR count). The van der Waals surface area contributed by atoms with Crippen molar-refractivity contribution in [3.05, 3.63) is 23.8 Å². The lowest BCUT2D eigenvalue weighted by Crippen LogP contribution is -2.48. The molecule has 1 saturated heterocycles. The maximum absolute atomic E-state index is 12.6. The molecular weight excluding hydrogens is 324 g/mol. The topological polar surface area (TPSA) is 107 Å². The Hall–Kier alpha value is -1.68. The first-order valence-electron chi connectivity index (χ1n) is 7.23. The zero-order chi connectivity index (χ0) is 17.0. The highest BCUT2D eigenvalue weighted by molar-refractivity contribution is 7.89. The van der Waals surface area contributed by atoms with Gasteiger partial charge in [0.25, 0.3) is 0 Å². The normalized spacial score (nSPS) is 17.1. The molecule has 0 unspecified atom stereocenters. The Morgan fingerprint density at radius 1 is 1.26 bits per heavy atom. The fourth-order valence-electron chi connectivity index (χ4n) is 2.38. The number of sulfonamides is 1. The van der Waals surface area contributed by atoms with E-state index < -0.39 is 16.0 Å². The number of benzene rings is 1. The summed E-state index contributed by atoms with van der Waals surface area (Å²) >= 11 is 0. The predicted octanol–water partition coefficient (Wildman–Crippen LogP) is 0.0396. The van der Waals surface area contributed by atoms with Crippen LogP contribution in [0.25, 0.3) is 0 Å². The van der Waals surface area contributed by atoms with Gasteiger partial charge in [-0.2, -0.15) is 4.31 Å². The molecule has 0 spiro atoms. The Morgan fingerprint density at radius 3 is 2.43 bits per heavy atom. The highest BCUT2D eigenvalue weighted by atomic mass is 32.2. The van der Waals surface area contributed by atoms with Gasteiger partial charge in [-0.1, -0.05) is 0 Å². The van der Waals surface area contributed by atoms with Crippen molar-refractivity contribution in [2.75, 3.05) is 39.5 Å². The number of carboxylic acids is 1. The summed E-state index contributed by atoms with van der Waals surface area (Å²) in [5.41, 5.74) is -0.179. The molecule has 0 aliphatic carbocycles. The number of hydrogen-bond donors (Lipinski definition) is 2. The minimum absolute atomic E-state index is 0.0733. The van der Waals surface area contributed by atoms with Crippen LogP contribution in [0.15, 0.2) is 23.1 Å². The summed E-state index contributed by atoms with van der Waals surface area (Å²) in [6, 6.07) is 3.84. The van der Waals surface area contributed by atoms with Gasteiger partial charge in [0.15, 0.2) is 0 Å². The van der Waals surface area contributed by atoms with Gasteiger partial charge >= 0.3 is 5.97 Å². The minimum Gasteiger partial charge on any atom is -0.493 e. The second-order valence-corrected chi connectivity index (χ2v) is 7.00. The van der Waals surface area contributed by atoms with Crippen LogP contribution in [0.4, 0.5) is 0 Å². The molecule has 2 N–H and O–H groups in total. The molecule has 0 bridgehead atoms. The van der Waals surface area contributed by atoms with Crippen LogP contribution >= 0.6 is 0 Å². The number of aromatic carboxylic acids is 1. The van der Waals surface area contributed by atoms with Crippen molar-refractivity contribution in [3.8, 4) is 5.75 Å². The molecule has 0 saturated carbocycles. The van der Waals surface area contributed by atoms with Crippen molar-refractivity contribution in [2.24, 2.45) is 0 Å². The van der Waals surface area contributed by atoms with E-state index in [-0.39, 0.29) is 42.6 Å². The van der Waals surface area contributed by atoms with Gasteiger partial charge in [-0.25, -0.2) is 13.2 Å². The van der Waals surface area contributed by atoms with Gasteiger partial charge in [0, 0.05) is 26.2 Å². The van der Waals surface area contributed by atoms with Crippen molar-refractivity contribution in [1.29, 1.82) is 0 Å². The average Bonchev–Trinajstić information content (AvgIpc) is 2.55. The van der Waals surface area contributed by atoms with Gasteiger partial charge in [0.1, 0.15) is 11.3 Å². The van der Waals surface area contributed by atoms with E-state index >= 15 is 0 Å². The smallest absolute Gasteiger partial charge is 0.339 e. The van der Waals surface area contributed by atoms with E-state index in [2.05, 4.69) is 0 Å². The molecule has 1 aliphatic rings. The lowest BCUT2D eigenvalue weighted by molar-refractivity contribution is 0.0692. The lowest BCUT2D eigenvalue weighted by Gasteiger charge is -2.32. The number of rotatable bonds is 6. The maximum atomic E-state index is 12.6. The molecular formula is C14H20N2O6S. The second kappa shape index (κ2) is 7.26. The third-order valence-corrected chi connectivity index (χ3v) is 5.54. The summed E-state index contributed by atoms with van der Waals surface area (Å²) in [5, 5.41) is 18.3. The molecule has 9 heteroatoms. The molecule has 0 amide bonds. The molecule has 1 aromatic carbocycles. The van der Waals surface area contributed by atoms with Crippen LogP contribution in [-0.2, 0) is 10.0 Å². The third kappa shape index (κ3) is 3.81. The van der Waals surface area contributed by atoms with Crippen molar-refractivity contribution in [2.45, 2.75) is 11.8 Å². The number of piperazine rings is 1. The maximum Gasteiger partial charge on any atom is 0.339 e. The zero-order valence-corrected chi connectivity index (χ0v) is 13.6. The Labute approximate surface area is 134 Å². The summed E-state index contributed by atoms with van der Waals surface area (Å²) < 4.78 is 31.8. The van der Waals surface area contributed by atoms with E-state index in [9.17, 15) is 18.3 Å². The van der Waals surface area contributed by atoms with E-state index in [4.69, 9.17) is 9.84 Å². The van der Waals surface area contributed by atoms with Gasteiger partial charge in [0.05, 0.1) is 18.2 Å². The monoisotopic (exact) mass is 344 g/mol. The van der Waals surface area contributed by atoms with Gasteiger partial charge in [-0.15, -0.1) is 0 Å². The third-order valence-electron chi connectivity index (χ3n) is 3.65. The zero-order valence-electron chi connectivity index (χ0n) is 12.8. The standard InChI is InChI=1S/C14H20N2O6S/c1-2-22-13-4-3-11(9-12(13)14(18)19)23(20,21)16-7-5-15(10-17)6-8-16/h3-4,9,17H,2,5-8,10H2,1H3,(H,18,19). The van der Waals surface area contributed by atoms with E-state index in [0.29, 0.717) is 13.1 Å². The molecule has 0 aromatic heterocycles. The van der Waals surface area contributed by atoms with Crippen molar-refractivity contribution >= 4 is 16.0 Å². The number of aliphatic hydroxyl groups is 1. The molecule has 1 aliphatic heterocycles.